The molecule has 0 unspecified atom stereocenters. The van der Waals surface area contributed by atoms with Gasteiger partial charge in [-0.15, -0.1) is 0 Å². The zero-order chi connectivity index (χ0) is 20.5. The Bertz CT molecular complexity index is 1080. The maximum atomic E-state index is 13.5. The summed E-state index contributed by atoms with van der Waals surface area (Å²) in [7, 11) is 1.97. The summed E-state index contributed by atoms with van der Waals surface area (Å²) in [4.78, 5) is 2.10. The van der Waals surface area contributed by atoms with Crippen LogP contribution in [0.25, 0.3) is 6.08 Å². The van der Waals surface area contributed by atoms with Crippen molar-refractivity contribution in [2.75, 3.05) is 20.1 Å². The third kappa shape index (κ3) is 3.65. The summed E-state index contributed by atoms with van der Waals surface area (Å²) in [6.45, 7) is 1.19. The van der Waals surface area contributed by atoms with E-state index >= 15 is 0 Å². The molecule has 0 aromatic heterocycles. The quantitative estimate of drug-likeness (QED) is 0.839. The fourth-order valence-electron chi connectivity index (χ4n) is 3.84. The Morgan fingerprint density at radius 3 is 2.31 bits per heavy atom. The van der Waals surface area contributed by atoms with E-state index in [0.29, 0.717) is 24.4 Å². The molecule has 146 valence electrons. The van der Waals surface area contributed by atoms with E-state index in [1.165, 1.54) is 24.3 Å². The fourth-order valence-corrected chi connectivity index (χ4v) is 3.84. The molecule has 2 aliphatic rings. The number of nitriles is 1. The molecule has 0 saturated carbocycles. The third-order valence-corrected chi connectivity index (χ3v) is 5.11. The molecular formula is C23H19F2N3O. The number of likely N-dealkylation sites (N-methyl/N-ethyl adjacent to an activating group) is 1. The molecule has 4 rings (SSSR count). The van der Waals surface area contributed by atoms with Crippen LogP contribution in [-0.4, -0.2) is 25.0 Å². The normalized spacial score (nSPS) is 21.0. The summed E-state index contributed by atoms with van der Waals surface area (Å²) >= 11 is 0. The fraction of sp³-hybridized carbons (Fsp3) is 0.174. The number of hydrogen-bond donors (Lipinski definition) is 1. The minimum absolute atomic E-state index is 0.0511. The van der Waals surface area contributed by atoms with Crippen LogP contribution in [0.5, 0.6) is 0 Å². The molecule has 4 nitrogen and oxygen atoms in total. The Morgan fingerprint density at radius 2 is 1.69 bits per heavy atom. The lowest BCUT2D eigenvalue weighted by atomic mass is 9.80. The summed E-state index contributed by atoms with van der Waals surface area (Å²) < 4.78 is 32.6. The highest BCUT2D eigenvalue weighted by molar-refractivity contribution is 5.63. The van der Waals surface area contributed by atoms with Gasteiger partial charge in [0.1, 0.15) is 29.0 Å². The third-order valence-electron chi connectivity index (χ3n) is 5.11. The van der Waals surface area contributed by atoms with Crippen LogP contribution in [0.2, 0.25) is 0 Å². The van der Waals surface area contributed by atoms with E-state index in [-0.39, 0.29) is 17.5 Å². The van der Waals surface area contributed by atoms with Crippen LogP contribution >= 0.6 is 0 Å². The molecule has 6 heteroatoms. The summed E-state index contributed by atoms with van der Waals surface area (Å²) in [6.07, 6.45) is 1.93. The first-order valence-electron chi connectivity index (χ1n) is 9.17. The predicted molar refractivity (Wildman–Crippen MR) is 106 cm³/mol. The SMILES string of the molecule is CN1CC2=C(OC(N)=C(C#N)[C@H]2c2ccc(F)cc2)/C(=C/c2ccc(F)cc2)C1. The largest absolute Gasteiger partial charge is 0.440 e. The van der Waals surface area contributed by atoms with Crippen molar-refractivity contribution in [1.29, 1.82) is 5.26 Å². The molecule has 29 heavy (non-hydrogen) atoms. The average molecular weight is 391 g/mol. The van der Waals surface area contributed by atoms with Crippen LogP contribution in [0, 0.1) is 23.0 Å². The van der Waals surface area contributed by atoms with E-state index in [4.69, 9.17) is 10.5 Å². The number of benzene rings is 2. The highest BCUT2D eigenvalue weighted by atomic mass is 19.1. The molecule has 2 aromatic rings. The molecule has 0 spiro atoms. The topological polar surface area (TPSA) is 62.3 Å². The van der Waals surface area contributed by atoms with Crippen molar-refractivity contribution in [2.45, 2.75) is 5.92 Å². The van der Waals surface area contributed by atoms with Crippen molar-refractivity contribution in [3.63, 3.8) is 0 Å². The Balaban J connectivity index is 1.85. The van der Waals surface area contributed by atoms with Gasteiger partial charge in [-0.2, -0.15) is 5.26 Å². The zero-order valence-corrected chi connectivity index (χ0v) is 15.8. The second kappa shape index (κ2) is 7.53. The molecule has 0 amide bonds. The van der Waals surface area contributed by atoms with Crippen molar-refractivity contribution < 1.29 is 13.5 Å². The molecular weight excluding hydrogens is 372 g/mol. The van der Waals surface area contributed by atoms with Crippen LogP contribution in [0.15, 0.2) is 76.9 Å². The predicted octanol–water partition coefficient (Wildman–Crippen LogP) is 4.06. The van der Waals surface area contributed by atoms with Crippen molar-refractivity contribution in [3.05, 3.63) is 99.7 Å². The Morgan fingerprint density at radius 1 is 1.07 bits per heavy atom. The Labute approximate surface area is 167 Å². The Kier molecular flexibility index (Phi) is 4.91. The molecule has 2 aromatic carbocycles. The van der Waals surface area contributed by atoms with Gasteiger partial charge in [-0.3, -0.25) is 4.90 Å². The van der Waals surface area contributed by atoms with Gasteiger partial charge in [0, 0.05) is 18.7 Å². The number of nitrogens with two attached hydrogens (primary N) is 1. The van der Waals surface area contributed by atoms with Gasteiger partial charge in [0.2, 0.25) is 5.88 Å². The molecule has 0 aliphatic carbocycles. The standard InChI is InChI=1S/C23H19F2N3O/c1-28-12-16(10-14-2-6-17(24)7-3-14)22-20(13-28)21(19(11-26)23(27)29-22)15-4-8-18(25)9-5-15/h2-10,21H,12-13,27H2,1H3/b16-10+/t21-/m1/s1. The Hall–Kier alpha value is -3.43. The maximum absolute atomic E-state index is 13.5. The van der Waals surface area contributed by atoms with Crippen molar-refractivity contribution in [3.8, 4) is 6.07 Å². The summed E-state index contributed by atoms with van der Waals surface area (Å²) in [5.41, 5.74) is 9.80. The van der Waals surface area contributed by atoms with Crippen LogP contribution < -0.4 is 5.73 Å². The molecule has 2 N–H and O–H groups in total. The van der Waals surface area contributed by atoms with E-state index in [9.17, 15) is 14.0 Å². The highest BCUT2D eigenvalue weighted by Gasteiger charge is 2.36. The lowest BCUT2D eigenvalue weighted by molar-refractivity contribution is 0.251. The monoisotopic (exact) mass is 391 g/mol. The van der Waals surface area contributed by atoms with Crippen molar-refractivity contribution >= 4 is 6.08 Å². The lowest BCUT2D eigenvalue weighted by Gasteiger charge is -2.36. The first kappa shape index (κ1) is 18.9. The zero-order valence-electron chi connectivity index (χ0n) is 15.8. The molecule has 0 fully saturated rings. The number of allylic oxidation sites excluding steroid dienone is 1. The van der Waals surface area contributed by atoms with Gasteiger partial charge >= 0.3 is 0 Å². The molecule has 0 saturated heterocycles. The number of nitrogens with zero attached hydrogens (tertiary/aromatic N) is 2. The van der Waals surface area contributed by atoms with Crippen LogP contribution in [0.1, 0.15) is 17.0 Å². The van der Waals surface area contributed by atoms with Gasteiger partial charge in [-0.1, -0.05) is 24.3 Å². The second-order valence-electron chi connectivity index (χ2n) is 7.22. The van der Waals surface area contributed by atoms with Crippen LogP contribution in [0.3, 0.4) is 0 Å². The number of rotatable bonds is 2. The van der Waals surface area contributed by atoms with Crippen LogP contribution in [-0.2, 0) is 4.74 Å². The lowest BCUT2D eigenvalue weighted by Crippen LogP contribution is -2.35. The van der Waals surface area contributed by atoms with E-state index in [0.717, 1.165) is 22.3 Å². The smallest absolute Gasteiger partial charge is 0.205 e. The van der Waals surface area contributed by atoms with Crippen molar-refractivity contribution in [1.82, 2.24) is 4.90 Å². The molecule has 2 heterocycles. The first-order chi connectivity index (χ1) is 14.0. The second-order valence-corrected chi connectivity index (χ2v) is 7.22. The number of hydrogen-bond acceptors (Lipinski definition) is 4. The molecule has 0 radical (unpaired) electrons. The molecule has 2 aliphatic heterocycles. The number of ether oxygens (including phenoxy) is 1. The molecule has 1 atom stereocenters. The summed E-state index contributed by atoms with van der Waals surface area (Å²) in [5, 5.41) is 9.70. The van der Waals surface area contributed by atoms with Crippen LogP contribution in [0.4, 0.5) is 8.78 Å². The van der Waals surface area contributed by atoms with E-state index in [1.54, 1.807) is 24.3 Å². The van der Waals surface area contributed by atoms with Crippen molar-refractivity contribution in [2.24, 2.45) is 5.73 Å². The first-order valence-corrected chi connectivity index (χ1v) is 9.17. The maximum Gasteiger partial charge on any atom is 0.205 e. The van der Waals surface area contributed by atoms with E-state index in [2.05, 4.69) is 11.0 Å². The van der Waals surface area contributed by atoms with Gasteiger partial charge < -0.3 is 10.5 Å². The van der Waals surface area contributed by atoms with Gasteiger partial charge in [0.15, 0.2) is 0 Å². The van der Waals surface area contributed by atoms with E-state index < -0.39 is 5.92 Å². The van der Waals surface area contributed by atoms with Gasteiger partial charge in [-0.25, -0.2) is 8.78 Å². The minimum atomic E-state index is -0.413. The van der Waals surface area contributed by atoms with E-state index in [1.807, 2.05) is 13.1 Å². The summed E-state index contributed by atoms with van der Waals surface area (Å²) in [6, 6.07) is 14.4. The molecule has 0 bridgehead atoms. The van der Waals surface area contributed by atoms with Gasteiger partial charge in [0.25, 0.3) is 0 Å². The minimum Gasteiger partial charge on any atom is -0.440 e. The average Bonchev–Trinajstić information content (AvgIpc) is 2.70. The number of halogens is 2. The highest BCUT2D eigenvalue weighted by Crippen LogP contribution is 2.43. The van der Waals surface area contributed by atoms with Gasteiger partial charge in [0.05, 0.1) is 5.92 Å². The summed E-state index contributed by atoms with van der Waals surface area (Å²) in [5.74, 6) is -0.385. The van der Waals surface area contributed by atoms with Gasteiger partial charge in [-0.05, 0) is 54.1 Å².